The molecule has 1 heterocycles. The summed E-state index contributed by atoms with van der Waals surface area (Å²) in [6, 6.07) is 18.1. The maximum Gasteiger partial charge on any atom is 0.279 e. The highest BCUT2D eigenvalue weighted by molar-refractivity contribution is 5.92. The second-order valence-electron chi connectivity index (χ2n) is 7.88. The van der Waals surface area contributed by atoms with Crippen molar-refractivity contribution in [2.45, 2.75) is 19.8 Å². The maximum atomic E-state index is 12.5. The minimum absolute atomic E-state index is 0.110. The second-order valence-corrected chi connectivity index (χ2v) is 7.88. The molecular weight excluding hydrogens is 350 g/mol. The van der Waals surface area contributed by atoms with Gasteiger partial charge >= 0.3 is 0 Å². The van der Waals surface area contributed by atoms with Crippen molar-refractivity contribution in [3.05, 3.63) is 60.2 Å². The van der Waals surface area contributed by atoms with E-state index in [4.69, 9.17) is 4.74 Å². The van der Waals surface area contributed by atoms with Crippen LogP contribution in [0.1, 0.15) is 25.3 Å². The van der Waals surface area contributed by atoms with Gasteiger partial charge in [-0.1, -0.05) is 50.2 Å². The van der Waals surface area contributed by atoms with Gasteiger partial charge in [-0.05, 0) is 29.7 Å². The van der Waals surface area contributed by atoms with E-state index >= 15 is 0 Å². The molecule has 0 bridgehead atoms. The smallest absolute Gasteiger partial charge is 0.279 e. The number of piperazine rings is 1. The van der Waals surface area contributed by atoms with Crippen LogP contribution in [0.15, 0.2) is 54.6 Å². The van der Waals surface area contributed by atoms with Crippen molar-refractivity contribution in [1.82, 2.24) is 0 Å². The van der Waals surface area contributed by atoms with Crippen LogP contribution in [0.3, 0.4) is 0 Å². The fourth-order valence-corrected chi connectivity index (χ4v) is 3.75. The quantitative estimate of drug-likeness (QED) is 0.626. The topological polar surface area (TPSA) is 47.2 Å². The molecule has 2 aromatic rings. The van der Waals surface area contributed by atoms with Gasteiger partial charge < -0.3 is 19.9 Å². The average molecular weight is 384 g/mol. The Balaban J connectivity index is 1.38. The summed E-state index contributed by atoms with van der Waals surface area (Å²) in [7, 11) is 0. The number of hydrogen-bond acceptors (Lipinski definition) is 2. The normalized spacial score (nSPS) is 19.4. The first kappa shape index (κ1) is 20.4. The van der Waals surface area contributed by atoms with Crippen LogP contribution in [-0.2, 0) is 4.79 Å². The molecule has 0 atom stereocenters. The van der Waals surface area contributed by atoms with Crippen LogP contribution in [0.5, 0.6) is 5.75 Å². The molecule has 1 fully saturated rings. The van der Waals surface area contributed by atoms with Crippen molar-refractivity contribution < 1.29 is 19.3 Å². The summed E-state index contributed by atoms with van der Waals surface area (Å²) in [6.45, 7) is 10.8. The predicted molar refractivity (Wildman–Crippen MR) is 112 cm³/mol. The summed E-state index contributed by atoms with van der Waals surface area (Å²) >= 11 is 0. The van der Waals surface area contributed by atoms with Crippen LogP contribution in [0.25, 0.3) is 0 Å². The first-order chi connectivity index (χ1) is 13.6. The van der Waals surface area contributed by atoms with E-state index in [1.54, 1.807) is 4.90 Å². The van der Waals surface area contributed by atoms with Gasteiger partial charge in [-0.2, -0.15) is 0 Å². The summed E-state index contributed by atoms with van der Waals surface area (Å²) in [6.07, 6.45) is 0. The summed E-state index contributed by atoms with van der Waals surface area (Å²) in [5.74, 6) is 1.44. The first-order valence-corrected chi connectivity index (χ1v) is 10.4. The number of ether oxygens (including phenoxy) is 1. The first-order valence-electron chi connectivity index (χ1n) is 10.4. The van der Waals surface area contributed by atoms with E-state index in [1.807, 2.05) is 48.5 Å². The van der Waals surface area contributed by atoms with E-state index in [0.29, 0.717) is 12.5 Å². The third-order valence-electron chi connectivity index (χ3n) is 5.40. The molecule has 5 heteroatoms. The molecule has 3 rings (SSSR count). The molecule has 3 N–H and O–H groups in total. The van der Waals surface area contributed by atoms with Gasteiger partial charge in [0.05, 0.1) is 0 Å². The Kier molecular flexibility index (Phi) is 7.46. The number of carbonyl (C=O) groups excluding carboxylic acids is 1. The number of hydrogen-bond donors (Lipinski definition) is 3. The Morgan fingerprint density at radius 3 is 2.32 bits per heavy atom. The predicted octanol–water partition coefficient (Wildman–Crippen LogP) is 0.611. The van der Waals surface area contributed by atoms with Gasteiger partial charge in [0.2, 0.25) is 0 Å². The third kappa shape index (κ3) is 6.08. The van der Waals surface area contributed by atoms with E-state index in [9.17, 15) is 4.79 Å². The lowest BCUT2D eigenvalue weighted by Gasteiger charge is -2.29. The minimum atomic E-state index is 0.110. The number of rotatable bonds is 8. The van der Waals surface area contributed by atoms with E-state index in [2.05, 4.69) is 25.2 Å². The van der Waals surface area contributed by atoms with Gasteiger partial charge in [-0.25, -0.2) is 0 Å². The Hall–Kier alpha value is -2.37. The standard InChI is InChI=1S/C23H31N3O2/c1-19(2)21-10-6-7-11-22(21)24-23(27)18-26-14-12-25(13-15-26)16-17-28-20-8-4-3-5-9-20/h3-11,19H,12-18H2,1-2H3,(H,24,27)/p+2. The zero-order chi connectivity index (χ0) is 19.8. The van der Waals surface area contributed by atoms with Gasteiger partial charge in [-0.3, -0.25) is 4.79 Å². The second kappa shape index (κ2) is 10.2. The number of benzene rings is 2. The molecule has 0 spiro atoms. The lowest BCUT2D eigenvalue weighted by atomic mass is 10.0. The van der Waals surface area contributed by atoms with Crippen molar-refractivity contribution in [3.63, 3.8) is 0 Å². The van der Waals surface area contributed by atoms with Crippen molar-refractivity contribution in [3.8, 4) is 5.75 Å². The zero-order valence-electron chi connectivity index (χ0n) is 17.0. The molecule has 0 aromatic heterocycles. The minimum Gasteiger partial charge on any atom is -0.488 e. The molecule has 2 aromatic carbocycles. The van der Waals surface area contributed by atoms with Gasteiger partial charge in [0, 0.05) is 5.69 Å². The van der Waals surface area contributed by atoms with Crippen LogP contribution >= 0.6 is 0 Å². The van der Waals surface area contributed by atoms with E-state index in [-0.39, 0.29) is 5.91 Å². The van der Waals surface area contributed by atoms with Crippen LogP contribution in [0.4, 0.5) is 5.69 Å². The largest absolute Gasteiger partial charge is 0.488 e. The Morgan fingerprint density at radius 1 is 0.964 bits per heavy atom. The maximum absolute atomic E-state index is 12.5. The molecule has 1 aliphatic heterocycles. The highest BCUT2D eigenvalue weighted by atomic mass is 16.5. The summed E-state index contributed by atoms with van der Waals surface area (Å²) < 4.78 is 5.81. The van der Waals surface area contributed by atoms with Gasteiger partial charge in [0.15, 0.2) is 6.54 Å². The molecule has 1 saturated heterocycles. The fourth-order valence-electron chi connectivity index (χ4n) is 3.75. The Morgan fingerprint density at radius 2 is 1.61 bits per heavy atom. The monoisotopic (exact) mass is 383 g/mol. The van der Waals surface area contributed by atoms with E-state index < -0.39 is 0 Å². The van der Waals surface area contributed by atoms with Crippen molar-refractivity contribution >= 4 is 11.6 Å². The Labute approximate surface area is 168 Å². The lowest BCUT2D eigenvalue weighted by molar-refractivity contribution is -1.01. The molecule has 28 heavy (non-hydrogen) atoms. The molecule has 5 nitrogen and oxygen atoms in total. The van der Waals surface area contributed by atoms with Gasteiger partial charge in [0.25, 0.3) is 5.91 Å². The highest BCUT2D eigenvalue weighted by Crippen LogP contribution is 2.23. The number of para-hydroxylation sites is 2. The van der Waals surface area contributed by atoms with Gasteiger partial charge in [0.1, 0.15) is 45.1 Å². The number of quaternary nitrogens is 2. The van der Waals surface area contributed by atoms with E-state index in [1.165, 1.54) is 10.5 Å². The van der Waals surface area contributed by atoms with E-state index in [0.717, 1.165) is 50.8 Å². The number of amides is 1. The fraction of sp³-hybridized carbons (Fsp3) is 0.435. The van der Waals surface area contributed by atoms with Crippen LogP contribution in [0, 0.1) is 0 Å². The lowest BCUT2D eigenvalue weighted by Crippen LogP contribution is -3.28. The number of carbonyl (C=O) groups is 1. The number of anilines is 1. The highest BCUT2D eigenvalue weighted by Gasteiger charge is 2.25. The van der Waals surface area contributed by atoms with Crippen LogP contribution in [0.2, 0.25) is 0 Å². The van der Waals surface area contributed by atoms with Gasteiger partial charge in [-0.15, -0.1) is 0 Å². The molecule has 1 amide bonds. The molecule has 1 aliphatic rings. The molecule has 0 aliphatic carbocycles. The molecule has 0 saturated carbocycles. The number of nitrogens with one attached hydrogen (secondary N) is 3. The Bertz CT molecular complexity index is 741. The third-order valence-corrected chi connectivity index (χ3v) is 5.40. The summed E-state index contributed by atoms with van der Waals surface area (Å²) in [5.41, 5.74) is 2.14. The van der Waals surface area contributed by atoms with Crippen LogP contribution in [-0.4, -0.2) is 51.8 Å². The average Bonchev–Trinajstić information content (AvgIpc) is 2.70. The molecule has 150 valence electrons. The van der Waals surface area contributed by atoms with Crippen molar-refractivity contribution in [1.29, 1.82) is 0 Å². The SMILES string of the molecule is CC(C)c1ccccc1NC(=O)C[NH+]1CC[NH+](CCOc2ccccc2)CC1. The zero-order valence-corrected chi connectivity index (χ0v) is 17.0. The van der Waals surface area contributed by atoms with Crippen LogP contribution < -0.4 is 19.9 Å². The molecule has 0 unspecified atom stereocenters. The molecular formula is C23H33N3O2+2. The van der Waals surface area contributed by atoms with Crippen molar-refractivity contribution in [2.75, 3.05) is 51.2 Å². The summed E-state index contributed by atoms with van der Waals surface area (Å²) in [4.78, 5) is 15.4. The van der Waals surface area contributed by atoms with Crippen molar-refractivity contribution in [2.24, 2.45) is 0 Å². The summed E-state index contributed by atoms with van der Waals surface area (Å²) in [5, 5.41) is 3.12. The molecule has 0 radical (unpaired) electrons.